The molecule has 0 saturated carbocycles. The van der Waals surface area contributed by atoms with Crippen molar-refractivity contribution in [3.8, 4) is 0 Å². The molecule has 23 heavy (non-hydrogen) atoms. The molecule has 0 aliphatic rings. The predicted octanol–water partition coefficient (Wildman–Crippen LogP) is 4.01. The zero-order chi connectivity index (χ0) is 17.1. The quantitative estimate of drug-likeness (QED) is 0.848. The first kappa shape index (κ1) is 17.4. The van der Waals surface area contributed by atoms with Crippen LogP contribution in [-0.4, -0.2) is 17.0 Å². The molecule has 0 radical (unpaired) electrons. The number of aromatic carboxylic acids is 1. The van der Waals surface area contributed by atoms with E-state index in [1.54, 1.807) is 32.0 Å². The number of amides is 1. The molecule has 1 heterocycles. The molecule has 0 spiro atoms. The Morgan fingerprint density at radius 2 is 1.96 bits per heavy atom. The summed E-state index contributed by atoms with van der Waals surface area (Å²) in [6.45, 7) is 3.41. The minimum atomic E-state index is -1.06. The maximum absolute atomic E-state index is 12.2. The maximum Gasteiger partial charge on any atom is 0.339 e. The average Bonchev–Trinajstić information content (AvgIpc) is 2.88. The number of hydrogen-bond donors (Lipinski definition) is 2. The summed E-state index contributed by atoms with van der Waals surface area (Å²) in [5.41, 5.74) is 0.825. The van der Waals surface area contributed by atoms with Gasteiger partial charge < -0.3 is 14.8 Å². The second kappa shape index (κ2) is 7.06. The fourth-order valence-corrected chi connectivity index (χ4v) is 2.41. The van der Waals surface area contributed by atoms with E-state index in [-0.39, 0.29) is 18.0 Å². The lowest BCUT2D eigenvalue weighted by Gasteiger charge is -2.12. The topological polar surface area (TPSA) is 79.5 Å². The SMILES string of the molecule is Cc1oc(CNC(=O)C(C)c2ccc(Cl)c(Cl)c2)cc1C(=O)O. The fraction of sp³-hybridized carbons (Fsp3) is 0.250. The zero-order valence-corrected chi connectivity index (χ0v) is 14.0. The van der Waals surface area contributed by atoms with Crippen LogP contribution in [0.2, 0.25) is 10.0 Å². The van der Waals surface area contributed by atoms with Crippen LogP contribution >= 0.6 is 23.2 Å². The number of hydrogen-bond acceptors (Lipinski definition) is 3. The van der Waals surface area contributed by atoms with Gasteiger partial charge in [0.25, 0.3) is 0 Å². The summed E-state index contributed by atoms with van der Waals surface area (Å²) in [5, 5.41) is 12.5. The minimum absolute atomic E-state index is 0.0896. The number of halogens is 2. The number of carboxylic acids is 1. The lowest BCUT2D eigenvalue weighted by Crippen LogP contribution is -2.27. The molecule has 0 aliphatic carbocycles. The lowest BCUT2D eigenvalue weighted by molar-refractivity contribution is -0.122. The molecule has 2 rings (SSSR count). The molecule has 1 unspecified atom stereocenters. The minimum Gasteiger partial charge on any atom is -0.478 e. The molecule has 1 amide bonds. The third-order valence-corrected chi connectivity index (χ3v) is 4.21. The van der Waals surface area contributed by atoms with E-state index in [1.807, 2.05) is 0 Å². The number of carbonyl (C=O) groups is 2. The molecular formula is C16H15Cl2NO4. The lowest BCUT2D eigenvalue weighted by atomic mass is 10.0. The molecule has 7 heteroatoms. The van der Waals surface area contributed by atoms with Gasteiger partial charge in [0, 0.05) is 0 Å². The van der Waals surface area contributed by atoms with Crippen LogP contribution in [0, 0.1) is 6.92 Å². The van der Waals surface area contributed by atoms with Gasteiger partial charge in [-0.2, -0.15) is 0 Å². The van der Waals surface area contributed by atoms with Gasteiger partial charge in [-0.3, -0.25) is 4.79 Å². The first-order valence-electron chi connectivity index (χ1n) is 6.85. The van der Waals surface area contributed by atoms with E-state index in [2.05, 4.69) is 5.32 Å². The highest BCUT2D eigenvalue weighted by molar-refractivity contribution is 6.42. The van der Waals surface area contributed by atoms with Gasteiger partial charge in [0.15, 0.2) is 0 Å². The van der Waals surface area contributed by atoms with Crippen molar-refractivity contribution in [2.24, 2.45) is 0 Å². The first-order valence-corrected chi connectivity index (χ1v) is 7.60. The number of rotatable bonds is 5. The Balaban J connectivity index is 2.02. The monoisotopic (exact) mass is 355 g/mol. The molecular weight excluding hydrogens is 341 g/mol. The van der Waals surface area contributed by atoms with Gasteiger partial charge in [-0.15, -0.1) is 0 Å². The normalized spacial score (nSPS) is 12.0. The molecule has 122 valence electrons. The molecule has 0 bridgehead atoms. The van der Waals surface area contributed by atoms with Gasteiger partial charge in [0.2, 0.25) is 5.91 Å². The molecule has 1 atom stereocenters. The Labute approximate surface area is 143 Å². The molecule has 1 aromatic carbocycles. The van der Waals surface area contributed by atoms with Gasteiger partial charge in [-0.1, -0.05) is 29.3 Å². The average molecular weight is 356 g/mol. The number of carboxylic acid groups (broad SMARTS) is 1. The van der Waals surface area contributed by atoms with Gasteiger partial charge in [0.1, 0.15) is 17.1 Å². The highest BCUT2D eigenvalue weighted by atomic mass is 35.5. The Morgan fingerprint density at radius 3 is 2.52 bits per heavy atom. The Bertz CT molecular complexity index is 755. The molecule has 0 saturated heterocycles. The Hall–Kier alpha value is -1.98. The third-order valence-electron chi connectivity index (χ3n) is 3.47. The summed E-state index contributed by atoms with van der Waals surface area (Å²) >= 11 is 11.8. The number of carbonyl (C=O) groups excluding carboxylic acids is 1. The van der Waals surface area contributed by atoms with Crippen LogP contribution in [0.1, 0.15) is 40.3 Å². The van der Waals surface area contributed by atoms with Crippen LogP contribution in [-0.2, 0) is 11.3 Å². The second-order valence-electron chi connectivity index (χ2n) is 5.10. The van der Waals surface area contributed by atoms with Crippen molar-refractivity contribution in [3.63, 3.8) is 0 Å². The van der Waals surface area contributed by atoms with E-state index in [4.69, 9.17) is 32.7 Å². The summed E-state index contributed by atoms with van der Waals surface area (Å²) < 4.78 is 5.31. The first-order chi connectivity index (χ1) is 10.8. The molecule has 0 aliphatic heterocycles. The van der Waals surface area contributed by atoms with Crippen LogP contribution in [0.15, 0.2) is 28.7 Å². The van der Waals surface area contributed by atoms with E-state index >= 15 is 0 Å². The Morgan fingerprint density at radius 1 is 1.26 bits per heavy atom. The molecule has 5 nitrogen and oxygen atoms in total. The summed E-state index contributed by atoms with van der Waals surface area (Å²) in [7, 11) is 0. The summed E-state index contributed by atoms with van der Waals surface area (Å²) in [5.74, 6) is -1.03. The van der Waals surface area contributed by atoms with Crippen LogP contribution in [0.5, 0.6) is 0 Å². The number of furan rings is 1. The van der Waals surface area contributed by atoms with Crippen molar-refractivity contribution in [2.75, 3.05) is 0 Å². The van der Waals surface area contributed by atoms with Crippen molar-refractivity contribution < 1.29 is 19.1 Å². The predicted molar refractivity (Wildman–Crippen MR) is 87.1 cm³/mol. The third kappa shape index (κ3) is 4.06. The standard InChI is InChI=1S/C16H15Cl2NO4/c1-8(10-3-4-13(17)14(18)5-10)15(20)19-7-11-6-12(16(21)22)9(2)23-11/h3-6,8H,7H2,1-2H3,(H,19,20)(H,21,22). The molecule has 0 fully saturated rings. The fourth-order valence-electron chi connectivity index (χ4n) is 2.10. The molecule has 2 N–H and O–H groups in total. The number of benzene rings is 1. The van der Waals surface area contributed by atoms with E-state index in [1.165, 1.54) is 6.07 Å². The van der Waals surface area contributed by atoms with Gasteiger partial charge in [0.05, 0.1) is 22.5 Å². The van der Waals surface area contributed by atoms with Crippen molar-refractivity contribution in [1.82, 2.24) is 5.32 Å². The van der Waals surface area contributed by atoms with E-state index < -0.39 is 11.9 Å². The van der Waals surface area contributed by atoms with Gasteiger partial charge in [-0.25, -0.2) is 4.79 Å². The number of aryl methyl sites for hydroxylation is 1. The molecule has 2 aromatic rings. The smallest absolute Gasteiger partial charge is 0.339 e. The van der Waals surface area contributed by atoms with Gasteiger partial charge in [-0.05, 0) is 37.6 Å². The van der Waals surface area contributed by atoms with Crippen molar-refractivity contribution in [1.29, 1.82) is 0 Å². The zero-order valence-electron chi connectivity index (χ0n) is 12.5. The van der Waals surface area contributed by atoms with Crippen molar-refractivity contribution >= 4 is 35.1 Å². The summed E-state index contributed by atoms with van der Waals surface area (Å²) in [6, 6.07) is 6.42. The van der Waals surface area contributed by atoms with Crippen LogP contribution in [0.3, 0.4) is 0 Å². The maximum atomic E-state index is 12.2. The highest BCUT2D eigenvalue weighted by Gasteiger charge is 2.18. The van der Waals surface area contributed by atoms with Crippen LogP contribution in [0.25, 0.3) is 0 Å². The van der Waals surface area contributed by atoms with E-state index in [0.717, 1.165) is 5.56 Å². The largest absolute Gasteiger partial charge is 0.478 e. The highest BCUT2D eigenvalue weighted by Crippen LogP contribution is 2.26. The van der Waals surface area contributed by atoms with E-state index in [9.17, 15) is 9.59 Å². The summed E-state index contributed by atoms with van der Waals surface area (Å²) in [4.78, 5) is 23.1. The van der Waals surface area contributed by atoms with E-state index in [0.29, 0.717) is 21.6 Å². The van der Waals surface area contributed by atoms with Gasteiger partial charge >= 0.3 is 5.97 Å². The summed E-state index contributed by atoms with van der Waals surface area (Å²) in [6.07, 6.45) is 0. The number of nitrogens with one attached hydrogen (secondary N) is 1. The van der Waals surface area contributed by atoms with Crippen molar-refractivity contribution in [3.05, 3.63) is 57.0 Å². The van der Waals surface area contributed by atoms with Crippen molar-refractivity contribution in [2.45, 2.75) is 26.3 Å². The van der Waals surface area contributed by atoms with Crippen LogP contribution in [0.4, 0.5) is 0 Å². The van der Waals surface area contributed by atoms with Crippen LogP contribution < -0.4 is 5.32 Å². The molecule has 1 aromatic heterocycles. The second-order valence-corrected chi connectivity index (χ2v) is 5.92. The Kier molecular flexibility index (Phi) is 5.34.